The van der Waals surface area contributed by atoms with Crippen LogP contribution in [0.15, 0.2) is 36.5 Å². The molecule has 1 aromatic heterocycles. The maximum Gasteiger partial charge on any atom is 0.0916 e. The summed E-state index contributed by atoms with van der Waals surface area (Å²) >= 11 is 0. The number of aliphatic hydroxyl groups excluding tert-OH is 1. The molecule has 2 aromatic rings. The fraction of sp³-hybridized carbons (Fsp3) is 0.471. The molecular weight excluding hydrogens is 262 g/mol. The first-order chi connectivity index (χ1) is 9.97. The van der Waals surface area contributed by atoms with Gasteiger partial charge in [0.25, 0.3) is 0 Å². The number of hydrogen-bond acceptors (Lipinski definition) is 3. The topological polar surface area (TPSA) is 41.3 Å². The highest BCUT2D eigenvalue weighted by Crippen LogP contribution is 2.20. The molecule has 0 radical (unpaired) electrons. The summed E-state index contributed by atoms with van der Waals surface area (Å²) in [4.78, 5) is 2.14. The molecule has 114 valence electrons. The van der Waals surface area contributed by atoms with Crippen molar-refractivity contribution < 1.29 is 5.11 Å². The summed E-state index contributed by atoms with van der Waals surface area (Å²) in [6.07, 6.45) is 1.61. The number of hydrogen-bond donors (Lipinski definition) is 1. The van der Waals surface area contributed by atoms with Crippen molar-refractivity contribution in [2.45, 2.75) is 32.4 Å². The monoisotopic (exact) mass is 287 g/mol. The van der Waals surface area contributed by atoms with Gasteiger partial charge in [-0.2, -0.15) is 5.10 Å². The average molecular weight is 287 g/mol. The Balaban J connectivity index is 2.00. The maximum absolute atomic E-state index is 10.3. The van der Waals surface area contributed by atoms with Crippen LogP contribution in [0, 0.1) is 0 Å². The Kier molecular flexibility index (Phi) is 5.15. The summed E-state index contributed by atoms with van der Waals surface area (Å²) in [6, 6.07) is 9.79. The van der Waals surface area contributed by atoms with Gasteiger partial charge in [0.2, 0.25) is 0 Å². The molecule has 0 bridgehead atoms. The van der Waals surface area contributed by atoms with E-state index in [2.05, 4.69) is 30.0 Å². The first-order valence-electron chi connectivity index (χ1n) is 7.41. The minimum absolute atomic E-state index is 0.411. The Bertz CT molecular complexity index is 563. The van der Waals surface area contributed by atoms with Gasteiger partial charge in [-0.05, 0) is 18.5 Å². The van der Waals surface area contributed by atoms with Crippen LogP contribution >= 0.6 is 0 Å². The molecule has 1 unspecified atom stereocenters. The zero-order chi connectivity index (χ0) is 15.4. The van der Waals surface area contributed by atoms with Gasteiger partial charge >= 0.3 is 0 Å². The standard InChI is InChI=1S/C17H25N3O/c1-13(2)17-15(11-20(4)18-17)10-19(3)12-16(21)14-8-6-5-7-9-14/h5-9,11,13,16,21H,10,12H2,1-4H3. The number of rotatable bonds is 6. The molecule has 0 saturated carbocycles. The third kappa shape index (κ3) is 4.16. The number of benzene rings is 1. The van der Waals surface area contributed by atoms with E-state index >= 15 is 0 Å². The number of likely N-dealkylation sites (N-methyl/N-ethyl adjacent to an activating group) is 1. The molecule has 1 N–H and O–H groups in total. The third-order valence-electron chi connectivity index (χ3n) is 3.59. The summed E-state index contributed by atoms with van der Waals surface area (Å²) in [5.74, 6) is 0.411. The molecule has 4 nitrogen and oxygen atoms in total. The number of nitrogens with zero attached hydrogens (tertiary/aromatic N) is 3. The molecule has 0 aliphatic heterocycles. The largest absolute Gasteiger partial charge is 0.387 e. The number of aryl methyl sites for hydroxylation is 1. The van der Waals surface area contributed by atoms with Gasteiger partial charge in [0.05, 0.1) is 11.8 Å². The first kappa shape index (κ1) is 15.7. The number of aliphatic hydroxyl groups is 1. The Morgan fingerprint density at radius 3 is 2.52 bits per heavy atom. The molecule has 0 aliphatic carbocycles. The lowest BCUT2D eigenvalue weighted by atomic mass is 10.1. The summed E-state index contributed by atoms with van der Waals surface area (Å²) < 4.78 is 1.87. The van der Waals surface area contributed by atoms with Crippen LogP contribution < -0.4 is 0 Å². The van der Waals surface area contributed by atoms with Crippen molar-refractivity contribution in [2.24, 2.45) is 7.05 Å². The Hall–Kier alpha value is -1.65. The Labute approximate surface area is 127 Å². The molecule has 2 rings (SSSR count). The fourth-order valence-electron chi connectivity index (χ4n) is 2.59. The van der Waals surface area contributed by atoms with E-state index in [-0.39, 0.29) is 0 Å². The zero-order valence-corrected chi connectivity index (χ0v) is 13.3. The highest BCUT2D eigenvalue weighted by Gasteiger charge is 2.15. The molecule has 1 atom stereocenters. The van der Waals surface area contributed by atoms with Crippen molar-refractivity contribution >= 4 is 0 Å². The van der Waals surface area contributed by atoms with E-state index in [1.54, 1.807) is 0 Å². The van der Waals surface area contributed by atoms with E-state index in [0.29, 0.717) is 12.5 Å². The van der Waals surface area contributed by atoms with Crippen LogP contribution in [0.25, 0.3) is 0 Å². The van der Waals surface area contributed by atoms with Gasteiger partial charge in [0.1, 0.15) is 0 Å². The molecule has 0 aliphatic rings. The molecule has 1 heterocycles. The summed E-state index contributed by atoms with van der Waals surface area (Å²) in [5, 5.41) is 14.8. The van der Waals surface area contributed by atoms with E-state index in [1.807, 2.05) is 49.1 Å². The van der Waals surface area contributed by atoms with E-state index in [1.165, 1.54) is 5.56 Å². The highest BCUT2D eigenvalue weighted by atomic mass is 16.3. The molecular formula is C17H25N3O. The van der Waals surface area contributed by atoms with Crippen LogP contribution in [0.3, 0.4) is 0 Å². The van der Waals surface area contributed by atoms with Crippen molar-refractivity contribution in [2.75, 3.05) is 13.6 Å². The lowest BCUT2D eigenvalue weighted by Crippen LogP contribution is -2.24. The van der Waals surface area contributed by atoms with Gasteiger partial charge in [-0.15, -0.1) is 0 Å². The predicted molar refractivity (Wildman–Crippen MR) is 85.0 cm³/mol. The van der Waals surface area contributed by atoms with E-state index in [0.717, 1.165) is 17.8 Å². The highest BCUT2D eigenvalue weighted by molar-refractivity contribution is 5.21. The molecule has 0 spiro atoms. The van der Waals surface area contributed by atoms with Crippen LogP contribution in [0.5, 0.6) is 0 Å². The minimum atomic E-state index is -0.463. The summed E-state index contributed by atoms with van der Waals surface area (Å²) in [6.45, 7) is 5.72. The van der Waals surface area contributed by atoms with Gasteiger partial charge in [-0.3, -0.25) is 9.58 Å². The molecule has 4 heteroatoms. The minimum Gasteiger partial charge on any atom is -0.387 e. The van der Waals surface area contributed by atoms with Crippen molar-refractivity contribution in [1.29, 1.82) is 0 Å². The smallest absolute Gasteiger partial charge is 0.0916 e. The molecule has 0 fully saturated rings. The van der Waals surface area contributed by atoms with Crippen LogP contribution in [0.4, 0.5) is 0 Å². The zero-order valence-electron chi connectivity index (χ0n) is 13.3. The van der Waals surface area contributed by atoms with Crippen LogP contribution in [0.2, 0.25) is 0 Å². The second-order valence-electron chi connectivity index (χ2n) is 5.99. The second-order valence-corrected chi connectivity index (χ2v) is 5.99. The third-order valence-corrected chi connectivity index (χ3v) is 3.59. The van der Waals surface area contributed by atoms with E-state index in [4.69, 9.17) is 0 Å². The average Bonchev–Trinajstić information content (AvgIpc) is 2.80. The molecule has 0 amide bonds. The van der Waals surface area contributed by atoms with Crippen LogP contribution in [-0.4, -0.2) is 33.4 Å². The molecule has 1 aromatic carbocycles. The van der Waals surface area contributed by atoms with E-state index in [9.17, 15) is 5.11 Å². The lowest BCUT2D eigenvalue weighted by molar-refractivity contribution is 0.123. The van der Waals surface area contributed by atoms with Gasteiger partial charge in [-0.25, -0.2) is 0 Å². The lowest BCUT2D eigenvalue weighted by Gasteiger charge is -2.21. The van der Waals surface area contributed by atoms with Gasteiger partial charge in [0, 0.05) is 31.9 Å². The van der Waals surface area contributed by atoms with Gasteiger partial charge in [0.15, 0.2) is 0 Å². The van der Waals surface area contributed by atoms with Crippen molar-refractivity contribution in [1.82, 2.24) is 14.7 Å². The SMILES string of the molecule is CC(C)c1nn(C)cc1CN(C)CC(O)c1ccccc1. The summed E-state index contributed by atoms with van der Waals surface area (Å²) in [5.41, 5.74) is 3.33. The Morgan fingerprint density at radius 1 is 1.24 bits per heavy atom. The van der Waals surface area contributed by atoms with E-state index < -0.39 is 6.10 Å². The number of aromatic nitrogens is 2. The summed E-state index contributed by atoms with van der Waals surface area (Å²) in [7, 11) is 3.98. The normalized spacial score (nSPS) is 13.1. The second kappa shape index (κ2) is 6.87. The van der Waals surface area contributed by atoms with Gasteiger partial charge < -0.3 is 5.11 Å². The van der Waals surface area contributed by atoms with Gasteiger partial charge in [-0.1, -0.05) is 44.2 Å². The quantitative estimate of drug-likeness (QED) is 0.888. The fourth-order valence-corrected chi connectivity index (χ4v) is 2.59. The van der Waals surface area contributed by atoms with Crippen molar-refractivity contribution in [3.63, 3.8) is 0 Å². The van der Waals surface area contributed by atoms with Crippen molar-refractivity contribution in [3.8, 4) is 0 Å². The predicted octanol–water partition coefficient (Wildman–Crippen LogP) is 2.71. The first-order valence-corrected chi connectivity index (χ1v) is 7.41. The van der Waals surface area contributed by atoms with Crippen LogP contribution in [-0.2, 0) is 13.6 Å². The molecule has 21 heavy (non-hydrogen) atoms. The van der Waals surface area contributed by atoms with Crippen molar-refractivity contribution in [3.05, 3.63) is 53.3 Å². The maximum atomic E-state index is 10.3. The van der Waals surface area contributed by atoms with Crippen LogP contribution in [0.1, 0.15) is 42.7 Å². The molecule has 0 saturated heterocycles. The Morgan fingerprint density at radius 2 is 1.90 bits per heavy atom.